The van der Waals surface area contributed by atoms with Crippen LogP contribution in [0.3, 0.4) is 0 Å². The predicted molar refractivity (Wildman–Crippen MR) is 77.3 cm³/mol. The van der Waals surface area contributed by atoms with E-state index in [-0.39, 0.29) is 0 Å². The highest BCUT2D eigenvalue weighted by Gasteiger charge is 2.11. The van der Waals surface area contributed by atoms with Crippen molar-refractivity contribution in [1.29, 1.82) is 0 Å². The van der Waals surface area contributed by atoms with Crippen LogP contribution in [0.15, 0.2) is 48.8 Å². The van der Waals surface area contributed by atoms with Crippen molar-refractivity contribution in [1.82, 2.24) is 9.97 Å². The first-order valence-electron chi connectivity index (χ1n) is 6.31. The zero-order valence-electron chi connectivity index (χ0n) is 11.3. The van der Waals surface area contributed by atoms with Crippen molar-refractivity contribution in [2.24, 2.45) is 0 Å². The SMILES string of the molecule is COc1ccccc1Oc1ncnc2cccc(C)c12. The van der Waals surface area contributed by atoms with Crippen molar-refractivity contribution in [2.45, 2.75) is 6.92 Å². The number of hydrogen-bond donors (Lipinski definition) is 0. The molecule has 3 aromatic rings. The zero-order chi connectivity index (χ0) is 13.9. The molecular formula is C16H14N2O2. The van der Waals surface area contributed by atoms with Gasteiger partial charge >= 0.3 is 0 Å². The van der Waals surface area contributed by atoms with Crippen molar-refractivity contribution < 1.29 is 9.47 Å². The third-order valence-corrected chi connectivity index (χ3v) is 3.11. The molecule has 0 radical (unpaired) electrons. The van der Waals surface area contributed by atoms with E-state index in [0.717, 1.165) is 16.5 Å². The van der Waals surface area contributed by atoms with Crippen LogP contribution < -0.4 is 9.47 Å². The van der Waals surface area contributed by atoms with E-state index in [1.807, 2.05) is 49.4 Å². The molecule has 0 N–H and O–H groups in total. The first-order chi connectivity index (χ1) is 9.79. The molecule has 3 rings (SSSR count). The third kappa shape index (κ3) is 2.16. The largest absolute Gasteiger partial charge is 0.493 e. The number of aryl methyl sites for hydroxylation is 1. The average Bonchev–Trinajstić information content (AvgIpc) is 2.48. The number of fused-ring (bicyclic) bond motifs is 1. The molecule has 20 heavy (non-hydrogen) atoms. The number of aromatic nitrogens is 2. The molecule has 0 bridgehead atoms. The Kier molecular flexibility index (Phi) is 3.21. The fraction of sp³-hybridized carbons (Fsp3) is 0.125. The first-order valence-corrected chi connectivity index (χ1v) is 6.31. The summed E-state index contributed by atoms with van der Waals surface area (Å²) in [4.78, 5) is 8.51. The lowest BCUT2D eigenvalue weighted by atomic mass is 10.1. The van der Waals surface area contributed by atoms with Gasteiger partial charge in [-0.15, -0.1) is 0 Å². The second-order valence-corrected chi connectivity index (χ2v) is 4.40. The molecule has 4 nitrogen and oxygen atoms in total. The number of nitrogens with zero attached hydrogens (tertiary/aromatic N) is 2. The van der Waals surface area contributed by atoms with Crippen LogP contribution in [0.5, 0.6) is 17.4 Å². The maximum atomic E-state index is 5.92. The Morgan fingerprint density at radius 2 is 1.70 bits per heavy atom. The molecule has 2 aromatic carbocycles. The molecular weight excluding hydrogens is 252 g/mol. The summed E-state index contributed by atoms with van der Waals surface area (Å²) in [5, 5.41) is 0.918. The first kappa shape index (κ1) is 12.4. The van der Waals surface area contributed by atoms with E-state index in [2.05, 4.69) is 9.97 Å². The molecule has 0 aliphatic heterocycles. The van der Waals surface area contributed by atoms with Crippen LogP contribution >= 0.6 is 0 Å². The summed E-state index contributed by atoms with van der Waals surface area (Å²) in [6.07, 6.45) is 1.51. The maximum absolute atomic E-state index is 5.92. The summed E-state index contributed by atoms with van der Waals surface area (Å²) in [7, 11) is 1.62. The molecule has 0 unspecified atom stereocenters. The van der Waals surface area contributed by atoms with Gasteiger partial charge < -0.3 is 9.47 Å². The van der Waals surface area contributed by atoms with Gasteiger partial charge in [0.05, 0.1) is 18.0 Å². The molecule has 0 atom stereocenters. The summed E-state index contributed by atoms with van der Waals surface area (Å²) in [6, 6.07) is 13.4. The van der Waals surface area contributed by atoms with Crippen molar-refractivity contribution >= 4 is 10.9 Å². The van der Waals surface area contributed by atoms with E-state index in [1.165, 1.54) is 6.33 Å². The number of methoxy groups -OCH3 is 1. The van der Waals surface area contributed by atoms with Crippen molar-refractivity contribution in [3.8, 4) is 17.4 Å². The Labute approximate surface area is 117 Å². The van der Waals surface area contributed by atoms with Crippen LogP contribution in [0.1, 0.15) is 5.56 Å². The Morgan fingerprint density at radius 1 is 0.900 bits per heavy atom. The normalized spacial score (nSPS) is 10.5. The van der Waals surface area contributed by atoms with Gasteiger partial charge in [0.25, 0.3) is 0 Å². The van der Waals surface area contributed by atoms with Crippen molar-refractivity contribution in [3.63, 3.8) is 0 Å². The predicted octanol–water partition coefficient (Wildman–Crippen LogP) is 3.74. The lowest BCUT2D eigenvalue weighted by Crippen LogP contribution is -1.95. The highest BCUT2D eigenvalue weighted by Crippen LogP contribution is 2.33. The number of ether oxygens (including phenoxy) is 2. The van der Waals surface area contributed by atoms with Crippen LogP contribution in [0, 0.1) is 6.92 Å². The van der Waals surface area contributed by atoms with Gasteiger partial charge in [-0.05, 0) is 30.7 Å². The van der Waals surface area contributed by atoms with Gasteiger partial charge in [0.2, 0.25) is 5.88 Å². The van der Waals surface area contributed by atoms with Crippen LogP contribution in [0.2, 0.25) is 0 Å². The molecule has 4 heteroatoms. The molecule has 1 heterocycles. The van der Waals surface area contributed by atoms with E-state index >= 15 is 0 Å². The topological polar surface area (TPSA) is 44.2 Å². The summed E-state index contributed by atoms with van der Waals surface area (Å²) >= 11 is 0. The van der Waals surface area contributed by atoms with E-state index in [4.69, 9.17) is 9.47 Å². The molecule has 0 aliphatic carbocycles. The minimum atomic E-state index is 0.539. The second-order valence-electron chi connectivity index (χ2n) is 4.40. The van der Waals surface area contributed by atoms with Gasteiger partial charge in [-0.2, -0.15) is 0 Å². The lowest BCUT2D eigenvalue weighted by Gasteiger charge is -2.11. The van der Waals surface area contributed by atoms with Gasteiger partial charge in [0.1, 0.15) is 6.33 Å². The Hall–Kier alpha value is -2.62. The van der Waals surface area contributed by atoms with Crippen LogP contribution in [0.25, 0.3) is 10.9 Å². The summed E-state index contributed by atoms with van der Waals surface area (Å²) in [5.74, 6) is 1.85. The van der Waals surface area contributed by atoms with E-state index in [1.54, 1.807) is 7.11 Å². The molecule has 1 aromatic heterocycles. The van der Waals surface area contributed by atoms with E-state index < -0.39 is 0 Å². The van der Waals surface area contributed by atoms with Gasteiger partial charge in [0.15, 0.2) is 11.5 Å². The zero-order valence-corrected chi connectivity index (χ0v) is 11.3. The Bertz CT molecular complexity index is 751. The van der Waals surface area contributed by atoms with Gasteiger partial charge in [-0.1, -0.05) is 24.3 Å². The lowest BCUT2D eigenvalue weighted by molar-refractivity contribution is 0.375. The molecule has 0 spiro atoms. The molecule has 0 fully saturated rings. The fourth-order valence-electron chi connectivity index (χ4n) is 2.13. The highest BCUT2D eigenvalue weighted by atomic mass is 16.5. The second kappa shape index (κ2) is 5.17. The smallest absolute Gasteiger partial charge is 0.230 e. The fourth-order valence-corrected chi connectivity index (χ4v) is 2.13. The summed E-state index contributed by atoms with van der Waals surface area (Å²) < 4.78 is 11.2. The van der Waals surface area contributed by atoms with Gasteiger partial charge in [0, 0.05) is 0 Å². The monoisotopic (exact) mass is 266 g/mol. The minimum Gasteiger partial charge on any atom is -0.493 e. The van der Waals surface area contributed by atoms with E-state index in [9.17, 15) is 0 Å². The number of hydrogen-bond acceptors (Lipinski definition) is 4. The summed E-state index contributed by atoms with van der Waals surface area (Å²) in [6.45, 7) is 2.01. The van der Waals surface area contributed by atoms with Gasteiger partial charge in [-0.25, -0.2) is 9.97 Å². The number of benzene rings is 2. The number of rotatable bonds is 3. The Morgan fingerprint density at radius 3 is 2.50 bits per heavy atom. The van der Waals surface area contributed by atoms with Crippen LogP contribution in [0.4, 0.5) is 0 Å². The average molecular weight is 266 g/mol. The maximum Gasteiger partial charge on any atom is 0.230 e. The number of para-hydroxylation sites is 2. The van der Waals surface area contributed by atoms with Crippen LogP contribution in [-0.2, 0) is 0 Å². The molecule has 100 valence electrons. The molecule has 0 saturated carbocycles. The van der Waals surface area contributed by atoms with Crippen LogP contribution in [-0.4, -0.2) is 17.1 Å². The van der Waals surface area contributed by atoms with Crippen molar-refractivity contribution in [3.05, 3.63) is 54.4 Å². The minimum absolute atomic E-state index is 0.539. The highest BCUT2D eigenvalue weighted by molar-refractivity contribution is 5.86. The van der Waals surface area contributed by atoms with Gasteiger partial charge in [-0.3, -0.25) is 0 Å². The molecule has 0 saturated heterocycles. The molecule has 0 aliphatic rings. The Balaban J connectivity index is 2.11. The van der Waals surface area contributed by atoms with E-state index in [0.29, 0.717) is 17.4 Å². The molecule has 0 amide bonds. The standard InChI is InChI=1S/C16H14N2O2/c1-11-6-5-7-12-15(11)16(18-10-17-12)20-14-9-4-3-8-13(14)19-2/h3-10H,1-2H3. The quantitative estimate of drug-likeness (QED) is 0.724. The van der Waals surface area contributed by atoms with Crippen molar-refractivity contribution in [2.75, 3.05) is 7.11 Å². The summed E-state index contributed by atoms with van der Waals surface area (Å²) in [5.41, 5.74) is 1.94. The third-order valence-electron chi connectivity index (χ3n) is 3.11.